The number of nitrogens with one attached hydrogen (secondary N) is 1. The molecule has 212 valence electrons. The number of hydrogen-bond donors (Lipinski definition) is 1. The molecular formula is C32H34FN5O2S. The zero-order valence-electron chi connectivity index (χ0n) is 23.7. The summed E-state index contributed by atoms with van der Waals surface area (Å²) in [5.41, 5.74) is 5.99. The van der Waals surface area contributed by atoms with Crippen LogP contribution in [0.1, 0.15) is 27.5 Å². The maximum Gasteiger partial charge on any atom is 0.240 e. The van der Waals surface area contributed by atoms with Gasteiger partial charge in [0.1, 0.15) is 18.2 Å². The van der Waals surface area contributed by atoms with Crippen LogP contribution in [-0.4, -0.2) is 66.0 Å². The Morgan fingerprint density at radius 1 is 1.07 bits per heavy atom. The second-order valence-electron chi connectivity index (χ2n) is 10.5. The van der Waals surface area contributed by atoms with E-state index in [0.717, 1.165) is 33.5 Å². The Hall–Kier alpha value is -3.95. The standard InChI is InChI=1S/C32H34FN5O2S/c1-21-10-8-15-26(22(21)2)38-32-29(30(35-38)23-11-6-5-7-12-23)31(24-13-9-14-25(33)18-24)41-20-28(40)37(32)19-27(39)34-16-17-36(3)4/h5-15,18,31H,16-17,19-20H2,1-4H3,(H,34,39). The molecular weight excluding hydrogens is 537 g/mol. The molecule has 7 nitrogen and oxygen atoms in total. The molecule has 1 aliphatic heterocycles. The first-order valence-corrected chi connectivity index (χ1v) is 14.6. The Labute approximate surface area is 244 Å². The van der Waals surface area contributed by atoms with Crippen LogP contribution in [0, 0.1) is 19.7 Å². The highest BCUT2D eigenvalue weighted by Crippen LogP contribution is 2.48. The lowest BCUT2D eigenvalue weighted by Gasteiger charge is -2.24. The molecule has 5 rings (SSSR count). The third-order valence-corrected chi connectivity index (χ3v) is 8.53. The van der Waals surface area contributed by atoms with E-state index in [1.54, 1.807) is 15.6 Å². The summed E-state index contributed by atoms with van der Waals surface area (Å²) in [6.45, 7) is 5.05. The van der Waals surface area contributed by atoms with Gasteiger partial charge in [0.2, 0.25) is 11.8 Å². The van der Waals surface area contributed by atoms with Gasteiger partial charge in [0.25, 0.3) is 0 Å². The lowest BCUT2D eigenvalue weighted by atomic mass is 9.99. The van der Waals surface area contributed by atoms with Crippen molar-refractivity contribution in [3.8, 4) is 16.9 Å². The summed E-state index contributed by atoms with van der Waals surface area (Å²) in [4.78, 5) is 30.5. The highest BCUT2D eigenvalue weighted by atomic mass is 32.2. The number of amides is 2. The molecule has 9 heteroatoms. The van der Waals surface area contributed by atoms with Gasteiger partial charge in [-0.3, -0.25) is 14.5 Å². The number of nitrogens with zero attached hydrogens (tertiary/aromatic N) is 4. The van der Waals surface area contributed by atoms with Crippen LogP contribution in [0.25, 0.3) is 16.9 Å². The molecule has 1 N–H and O–H groups in total. The number of likely N-dealkylation sites (N-methyl/N-ethyl adjacent to an activating group) is 1. The fourth-order valence-electron chi connectivity index (χ4n) is 5.01. The van der Waals surface area contributed by atoms with E-state index in [0.29, 0.717) is 24.6 Å². The second kappa shape index (κ2) is 12.3. The van der Waals surface area contributed by atoms with Crippen LogP contribution in [0.4, 0.5) is 10.2 Å². The molecule has 3 aromatic carbocycles. The topological polar surface area (TPSA) is 70.5 Å². The molecule has 4 aromatic rings. The van der Waals surface area contributed by atoms with Gasteiger partial charge in [-0.15, -0.1) is 11.8 Å². The predicted octanol–water partition coefficient (Wildman–Crippen LogP) is 5.14. The molecule has 0 saturated carbocycles. The van der Waals surface area contributed by atoms with E-state index < -0.39 is 0 Å². The Bertz CT molecular complexity index is 1570. The number of halogens is 1. The molecule has 2 heterocycles. The Balaban J connectivity index is 1.76. The Morgan fingerprint density at radius 3 is 2.56 bits per heavy atom. The highest BCUT2D eigenvalue weighted by molar-refractivity contribution is 8.00. The third-order valence-electron chi connectivity index (χ3n) is 7.27. The summed E-state index contributed by atoms with van der Waals surface area (Å²) in [6.07, 6.45) is 0. The SMILES string of the molecule is Cc1cccc(-n2nc(-c3ccccc3)c3c2N(CC(=O)NCCN(C)C)C(=O)CSC3c2cccc(F)c2)c1C. The number of fused-ring (bicyclic) bond motifs is 1. The van der Waals surface area contributed by atoms with Crippen molar-refractivity contribution >= 4 is 29.4 Å². The number of thioether (sulfide) groups is 1. The number of aryl methyl sites for hydroxylation is 1. The molecule has 0 spiro atoms. The number of carbonyl (C=O) groups excluding carboxylic acids is 2. The van der Waals surface area contributed by atoms with E-state index in [1.807, 2.05) is 87.4 Å². The van der Waals surface area contributed by atoms with Crippen LogP contribution in [0.5, 0.6) is 0 Å². The lowest BCUT2D eigenvalue weighted by Crippen LogP contribution is -2.43. The molecule has 41 heavy (non-hydrogen) atoms. The van der Waals surface area contributed by atoms with Crippen LogP contribution < -0.4 is 10.2 Å². The quantitative estimate of drug-likeness (QED) is 0.317. The third kappa shape index (κ3) is 6.06. The fraction of sp³-hybridized carbons (Fsp3) is 0.281. The first-order valence-electron chi connectivity index (χ1n) is 13.6. The first-order chi connectivity index (χ1) is 19.7. The Kier molecular flexibility index (Phi) is 8.56. The van der Waals surface area contributed by atoms with Gasteiger partial charge in [0.15, 0.2) is 0 Å². The van der Waals surface area contributed by atoms with Gasteiger partial charge in [-0.05, 0) is 62.8 Å². The zero-order valence-corrected chi connectivity index (χ0v) is 24.5. The summed E-state index contributed by atoms with van der Waals surface area (Å²) >= 11 is 1.42. The number of aromatic nitrogens is 2. The number of anilines is 1. The largest absolute Gasteiger partial charge is 0.353 e. The van der Waals surface area contributed by atoms with Gasteiger partial charge in [0, 0.05) is 24.2 Å². The minimum Gasteiger partial charge on any atom is -0.353 e. The van der Waals surface area contributed by atoms with Crippen molar-refractivity contribution in [3.05, 3.63) is 101 Å². The van der Waals surface area contributed by atoms with Crippen LogP contribution in [0.3, 0.4) is 0 Å². The van der Waals surface area contributed by atoms with Crippen LogP contribution >= 0.6 is 11.8 Å². The van der Waals surface area contributed by atoms with Crippen molar-refractivity contribution in [1.82, 2.24) is 20.0 Å². The van der Waals surface area contributed by atoms with E-state index in [9.17, 15) is 14.0 Å². The average Bonchev–Trinajstić information content (AvgIpc) is 3.26. The molecule has 0 radical (unpaired) electrons. The van der Waals surface area contributed by atoms with Crippen LogP contribution in [0.2, 0.25) is 0 Å². The molecule has 1 atom stereocenters. The molecule has 1 aromatic heterocycles. The Morgan fingerprint density at radius 2 is 1.83 bits per heavy atom. The van der Waals surface area contributed by atoms with Crippen molar-refractivity contribution < 1.29 is 14.0 Å². The van der Waals surface area contributed by atoms with E-state index in [1.165, 1.54) is 23.9 Å². The molecule has 2 amide bonds. The van der Waals surface area contributed by atoms with Crippen molar-refractivity contribution in [2.45, 2.75) is 19.1 Å². The number of rotatable bonds is 8. The summed E-state index contributed by atoms with van der Waals surface area (Å²) in [5.74, 6) is -0.147. The molecule has 0 saturated heterocycles. The van der Waals surface area contributed by atoms with E-state index in [4.69, 9.17) is 5.10 Å². The van der Waals surface area contributed by atoms with Gasteiger partial charge in [0.05, 0.1) is 22.4 Å². The summed E-state index contributed by atoms with van der Waals surface area (Å²) in [5, 5.41) is 7.68. The van der Waals surface area contributed by atoms with Gasteiger partial charge < -0.3 is 10.2 Å². The summed E-state index contributed by atoms with van der Waals surface area (Å²) in [7, 11) is 3.88. The summed E-state index contributed by atoms with van der Waals surface area (Å²) < 4.78 is 16.3. The smallest absolute Gasteiger partial charge is 0.240 e. The van der Waals surface area contributed by atoms with Gasteiger partial charge in [-0.2, -0.15) is 5.10 Å². The number of benzene rings is 3. The van der Waals surface area contributed by atoms with E-state index in [2.05, 4.69) is 5.32 Å². The molecule has 0 fully saturated rings. The van der Waals surface area contributed by atoms with Crippen molar-refractivity contribution in [3.63, 3.8) is 0 Å². The van der Waals surface area contributed by atoms with E-state index >= 15 is 0 Å². The van der Waals surface area contributed by atoms with Crippen molar-refractivity contribution in [1.29, 1.82) is 0 Å². The summed E-state index contributed by atoms with van der Waals surface area (Å²) in [6, 6.07) is 22.3. The molecule has 1 unspecified atom stereocenters. The van der Waals surface area contributed by atoms with Crippen molar-refractivity contribution in [2.75, 3.05) is 44.4 Å². The van der Waals surface area contributed by atoms with Gasteiger partial charge in [-0.25, -0.2) is 9.07 Å². The maximum atomic E-state index is 14.5. The lowest BCUT2D eigenvalue weighted by molar-refractivity contribution is -0.122. The highest BCUT2D eigenvalue weighted by Gasteiger charge is 2.38. The zero-order chi connectivity index (χ0) is 29.1. The first kappa shape index (κ1) is 28.6. The maximum absolute atomic E-state index is 14.5. The van der Waals surface area contributed by atoms with Gasteiger partial charge in [-0.1, -0.05) is 54.6 Å². The normalized spacial score (nSPS) is 15.1. The van der Waals surface area contributed by atoms with Crippen molar-refractivity contribution in [2.24, 2.45) is 0 Å². The number of carbonyl (C=O) groups is 2. The van der Waals surface area contributed by atoms with Crippen LogP contribution in [0.15, 0.2) is 72.8 Å². The minimum absolute atomic E-state index is 0.127. The minimum atomic E-state index is -0.388. The number of hydrogen-bond acceptors (Lipinski definition) is 5. The van der Waals surface area contributed by atoms with Crippen LogP contribution in [-0.2, 0) is 9.59 Å². The average molecular weight is 572 g/mol. The second-order valence-corrected chi connectivity index (χ2v) is 11.6. The van der Waals surface area contributed by atoms with E-state index in [-0.39, 0.29) is 35.2 Å². The predicted molar refractivity (Wildman–Crippen MR) is 163 cm³/mol. The molecule has 0 aliphatic carbocycles. The molecule has 1 aliphatic rings. The fourth-order valence-corrected chi connectivity index (χ4v) is 6.20. The molecule has 0 bridgehead atoms. The van der Waals surface area contributed by atoms with Gasteiger partial charge >= 0.3 is 0 Å². The monoisotopic (exact) mass is 571 g/mol.